The minimum absolute atomic E-state index is 0.0303. The van der Waals surface area contributed by atoms with Crippen LogP contribution < -0.4 is 11.5 Å². The summed E-state index contributed by atoms with van der Waals surface area (Å²) in [6.07, 6.45) is -1.46. The van der Waals surface area contributed by atoms with Gasteiger partial charge in [0.05, 0.1) is 5.69 Å². The van der Waals surface area contributed by atoms with Crippen molar-refractivity contribution >= 4 is 11.6 Å². The number of hydrogen-bond donors (Lipinski definition) is 4. The van der Waals surface area contributed by atoms with Crippen LogP contribution in [-0.2, 0) is 0 Å². The number of nitrogens with two attached hydrogens (primary N) is 2. The van der Waals surface area contributed by atoms with Crippen LogP contribution in [0.25, 0.3) is 0 Å². The summed E-state index contributed by atoms with van der Waals surface area (Å²) < 4.78 is 0. The Labute approximate surface area is 75.3 Å². The molecule has 1 aromatic carbocycles. The maximum Gasteiger partial charge on any atom is 0.191 e. The van der Waals surface area contributed by atoms with Crippen LogP contribution in [0.2, 0.25) is 0 Å². The highest BCUT2D eigenvalue weighted by molar-refractivity contribution is 5.78. The highest BCUT2D eigenvalue weighted by atomic mass is 16.5. The molecular weight excluding hydrogens is 170 g/mol. The van der Waals surface area contributed by atoms with Gasteiger partial charge in [-0.05, 0) is 12.1 Å². The van der Waals surface area contributed by atoms with Gasteiger partial charge in [-0.1, -0.05) is 12.1 Å². The maximum absolute atomic E-state index is 8.77. The first-order valence-electron chi connectivity index (χ1n) is 3.65. The van der Waals surface area contributed by atoms with Gasteiger partial charge in [-0.15, -0.1) is 0 Å². The van der Waals surface area contributed by atoms with Gasteiger partial charge in [0, 0.05) is 5.56 Å². The molecule has 0 bridgehead atoms. The average molecular weight is 181 g/mol. The van der Waals surface area contributed by atoms with Crippen molar-refractivity contribution in [1.82, 2.24) is 0 Å². The van der Waals surface area contributed by atoms with Crippen LogP contribution in [0.15, 0.2) is 29.3 Å². The Balaban J connectivity index is 2.88. The first kappa shape index (κ1) is 9.50. The number of guanidine groups is 1. The summed E-state index contributed by atoms with van der Waals surface area (Å²) in [7, 11) is 0. The molecule has 13 heavy (non-hydrogen) atoms. The van der Waals surface area contributed by atoms with Gasteiger partial charge in [0.1, 0.15) is 0 Å². The number of benzene rings is 1. The molecular formula is C8H11N3O2. The molecule has 0 aliphatic carbocycles. The smallest absolute Gasteiger partial charge is 0.191 e. The van der Waals surface area contributed by atoms with Crippen molar-refractivity contribution in [1.29, 1.82) is 0 Å². The van der Waals surface area contributed by atoms with Gasteiger partial charge in [0.25, 0.3) is 0 Å². The van der Waals surface area contributed by atoms with E-state index in [4.69, 9.17) is 21.7 Å². The summed E-state index contributed by atoms with van der Waals surface area (Å²) >= 11 is 0. The quantitative estimate of drug-likeness (QED) is 0.282. The van der Waals surface area contributed by atoms with Crippen molar-refractivity contribution < 1.29 is 10.2 Å². The molecule has 5 nitrogen and oxygen atoms in total. The normalized spacial score (nSPS) is 10.1. The summed E-state index contributed by atoms with van der Waals surface area (Å²) in [5, 5.41) is 17.5. The minimum Gasteiger partial charge on any atom is -0.370 e. The summed E-state index contributed by atoms with van der Waals surface area (Å²) in [4.78, 5) is 3.77. The van der Waals surface area contributed by atoms with Gasteiger partial charge in [-0.25, -0.2) is 4.99 Å². The van der Waals surface area contributed by atoms with E-state index < -0.39 is 6.29 Å². The second kappa shape index (κ2) is 3.88. The molecule has 0 fully saturated rings. The molecule has 0 spiro atoms. The Hall–Kier alpha value is -1.59. The number of aliphatic hydroxyl groups is 2. The van der Waals surface area contributed by atoms with E-state index in [1.54, 1.807) is 12.1 Å². The standard InChI is InChI=1S/C8H11N3O2/c9-8(10)11-6-3-1-5(2-4-6)7(12)13/h1-4,7,12-13H,(H4,9,10,11). The Bertz CT molecular complexity index is 302. The molecule has 0 atom stereocenters. The largest absolute Gasteiger partial charge is 0.370 e. The van der Waals surface area contributed by atoms with E-state index in [2.05, 4.69) is 4.99 Å². The number of nitrogens with zero attached hydrogens (tertiary/aromatic N) is 1. The van der Waals surface area contributed by atoms with Gasteiger partial charge in [-0.2, -0.15) is 0 Å². The molecule has 0 radical (unpaired) electrons. The minimum atomic E-state index is -1.46. The van der Waals surface area contributed by atoms with E-state index in [0.717, 1.165) is 0 Å². The molecule has 0 saturated carbocycles. The van der Waals surface area contributed by atoms with Crippen LogP contribution in [0.4, 0.5) is 5.69 Å². The molecule has 0 aliphatic heterocycles. The zero-order valence-electron chi connectivity index (χ0n) is 6.88. The Morgan fingerprint density at radius 3 is 2.08 bits per heavy atom. The Morgan fingerprint density at radius 2 is 1.69 bits per heavy atom. The average Bonchev–Trinajstić information content (AvgIpc) is 2.04. The third-order valence-corrected chi connectivity index (χ3v) is 1.45. The Morgan fingerprint density at radius 1 is 1.15 bits per heavy atom. The lowest BCUT2D eigenvalue weighted by Gasteiger charge is -2.02. The first-order valence-corrected chi connectivity index (χ1v) is 3.65. The molecule has 5 heteroatoms. The van der Waals surface area contributed by atoms with Crippen molar-refractivity contribution in [3.63, 3.8) is 0 Å². The van der Waals surface area contributed by atoms with E-state index in [0.29, 0.717) is 11.3 Å². The van der Waals surface area contributed by atoms with Crippen molar-refractivity contribution in [2.24, 2.45) is 16.5 Å². The molecule has 70 valence electrons. The Kier molecular flexibility index (Phi) is 2.84. The van der Waals surface area contributed by atoms with Crippen LogP contribution in [-0.4, -0.2) is 16.2 Å². The predicted octanol–water partition coefficient (Wildman–Crippen LogP) is -0.425. The van der Waals surface area contributed by atoms with Crippen molar-refractivity contribution in [2.75, 3.05) is 0 Å². The predicted molar refractivity (Wildman–Crippen MR) is 49.1 cm³/mol. The van der Waals surface area contributed by atoms with Crippen LogP contribution in [0.5, 0.6) is 0 Å². The number of hydrogen-bond acceptors (Lipinski definition) is 3. The molecule has 0 saturated heterocycles. The fourth-order valence-electron chi connectivity index (χ4n) is 0.870. The van der Waals surface area contributed by atoms with Crippen LogP contribution in [0, 0.1) is 0 Å². The lowest BCUT2D eigenvalue weighted by molar-refractivity contribution is -0.0424. The fourth-order valence-corrected chi connectivity index (χ4v) is 0.870. The zero-order valence-corrected chi connectivity index (χ0v) is 6.88. The summed E-state index contributed by atoms with van der Waals surface area (Å²) in [5.41, 5.74) is 11.3. The van der Waals surface area contributed by atoms with Gasteiger partial charge >= 0.3 is 0 Å². The van der Waals surface area contributed by atoms with Crippen LogP contribution in [0.3, 0.4) is 0 Å². The topological polar surface area (TPSA) is 105 Å². The van der Waals surface area contributed by atoms with E-state index >= 15 is 0 Å². The van der Waals surface area contributed by atoms with E-state index in [1.165, 1.54) is 12.1 Å². The summed E-state index contributed by atoms with van der Waals surface area (Å²) in [6, 6.07) is 6.25. The van der Waals surface area contributed by atoms with Crippen molar-refractivity contribution in [3.05, 3.63) is 29.8 Å². The maximum atomic E-state index is 8.77. The van der Waals surface area contributed by atoms with Crippen LogP contribution in [0.1, 0.15) is 11.9 Å². The van der Waals surface area contributed by atoms with Crippen molar-refractivity contribution in [3.8, 4) is 0 Å². The van der Waals surface area contributed by atoms with Gasteiger partial charge in [-0.3, -0.25) is 0 Å². The highest BCUT2D eigenvalue weighted by Crippen LogP contribution is 2.16. The van der Waals surface area contributed by atoms with Crippen LogP contribution >= 0.6 is 0 Å². The zero-order chi connectivity index (χ0) is 9.84. The lowest BCUT2D eigenvalue weighted by atomic mass is 10.2. The SMILES string of the molecule is NC(N)=Nc1ccc(C(O)O)cc1. The fraction of sp³-hybridized carbons (Fsp3) is 0.125. The number of aliphatic hydroxyl groups excluding tert-OH is 1. The lowest BCUT2D eigenvalue weighted by Crippen LogP contribution is -2.21. The molecule has 0 unspecified atom stereocenters. The monoisotopic (exact) mass is 181 g/mol. The molecule has 0 amide bonds. The van der Waals surface area contributed by atoms with Gasteiger partial charge in [0.15, 0.2) is 12.2 Å². The van der Waals surface area contributed by atoms with Gasteiger partial charge < -0.3 is 21.7 Å². The number of aliphatic imine (C=N–C) groups is 1. The molecule has 0 aliphatic rings. The first-order chi connectivity index (χ1) is 6.09. The van der Waals surface area contributed by atoms with E-state index in [-0.39, 0.29) is 5.96 Å². The van der Waals surface area contributed by atoms with Gasteiger partial charge in [0.2, 0.25) is 0 Å². The third kappa shape index (κ3) is 2.73. The molecule has 1 rings (SSSR count). The number of rotatable bonds is 2. The van der Waals surface area contributed by atoms with E-state index in [1.807, 2.05) is 0 Å². The molecule has 1 aromatic rings. The highest BCUT2D eigenvalue weighted by Gasteiger charge is 2.00. The summed E-state index contributed by atoms with van der Waals surface area (Å²) in [6.45, 7) is 0. The molecule has 0 aromatic heterocycles. The molecule has 0 heterocycles. The summed E-state index contributed by atoms with van der Waals surface area (Å²) in [5.74, 6) is -0.0303. The van der Waals surface area contributed by atoms with E-state index in [9.17, 15) is 0 Å². The second-order valence-electron chi connectivity index (χ2n) is 2.50. The second-order valence-corrected chi connectivity index (χ2v) is 2.50. The molecule has 6 N–H and O–H groups in total. The van der Waals surface area contributed by atoms with Crippen molar-refractivity contribution in [2.45, 2.75) is 6.29 Å². The third-order valence-electron chi connectivity index (χ3n) is 1.45.